The number of unbranched alkanes of at least 4 members (excludes halogenated alkanes) is 1. The average Bonchev–Trinajstić information content (AvgIpc) is 3.21. The first kappa shape index (κ1) is 18.2. The van der Waals surface area contributed by atoms with Gasteiger partial charge in [-0.3, -0.25) is 4.79 Å². The van der Waals surface area contributed by atoms with Gasteiger partial charge in [0.25, 0.3) is 5.91 Å². The van der Waals surface area contributed by atoms with Crippen molar-refractivity contribution in [3.05, 3.63) is 42.2 Å². The lowest BCUT2D eigenvalue weighted by atomic mass is 10.2. The molecule has 0 radical (unpaired) electrons. The van der Waals surface area contributed by atoms with E-state index in [1.54, 1.807) is 17.2 Å². The molecular formula is C20H27N5O. The van der Waals surface area contributed by atoms with Gasteiger partial charge in [0, 0.05) is 44.3 Å². The van der Waals surface area contributed by atoms with Crippen LogP contribution in [0.5, 0.6) is 0 Å². The predicted octanol–water partition coefficient (Wildman–Crippen LogP) is 3.69. The van der Waals surface area contributed by atoms with Gasteiger partial charge in [-0.05, 0) is 49.6 Å². The molecule has 6 nitrogen and oxygen atoms in total. The monoisotopic (exact) mass is 353 g/mol. The molecule has 1 saturated heterocycles. The summed E-state index contributed by atoms with van der Waals surface area (Å²) in [6.45, 7) is 5.11. The van der Waals surface area contributed by atoms with Gasteiger partial charge in [0.05, 0.1) is 0 Å². The molecule has 6 heteroatoms. The Balaban J connectivity index is 1.65. The van der Waals surface area contributed by atoms with Gasteiger partial charge >= 0.3 is 0 Å². The highest BCUT2D eigenvalue weighted by molar-refractivity contribution is 5.92. The Hall–Kier alpha value is -2.63. The zero-order chi connectivity index (χ0) is 18.4. The summed E-state index contributed by atoms with van der Waals surface area (Å²) in [5.74, 6) is 0.363. The maximum atomic E-state index is 12.4. The van der Waals surface area contributed by atoms with E-state index < -0.39 is 0 Å². The zero-order valence-electron chi connectivity index (χ0n) is 15.6. The van der Waals surface area contributed by atoms with Crippen molar-refractivity contribution in [3.63, 3.8) is 0 Å². The third-order valence-corrected chi connectivity index (χ3v) is 4.66. The standard InChI is InChI=1S/C20H27N5O/c1-3-4-13-24(2)19(26)18-11-12-21-20(23-18)22-16-7-9-17(10-8-16)25-14-5-6-15-25/h7-12H,3-6,13-15H2,1-2H3,(H,21,22,23). The Morgan fingerprint density at radius 1 is 1.19 bits per heavy atom. The number of nitrogens with zero attached hydrogens (tertiary/aromatic N) is 4. The van der Waals surface area contributed by atoms with Crippen molar-refractivity contribution in [1.29, 1.82) is 0 Å². The normalized spacial score (nSPS) is 13.7. The molecule has 3 rings (SSSR count). The maximum Gasteiger partial charge on any atom is 0.272 e. The lowest BCUT2D eigenvalue weighted by molar-refractivity contribution is 0.0787. The van der Waals surface area contributed by atoms with Crippen molar-refractivity contribution >= 4 is 23.2 Å². The number of hydrogen-bond donors (Lipinski definition) is 1. The Bertz CT molecular complexity index is 725. The Morgan fingerprint density at radius 3 is 2.62 bits per heavy atom. The van der Waals surface area contributed by atoms with Crippen LogP contribution >= 0.6 is 0 Å². The van der Waals surface area contributed by atoms with Crippen LogP contribution in [0.15, 0.2) is 36.5 Å². The summed E-state index contributed by atoms with van der Waals surface area (Å²) in [5.41, 5.74) is 2.57. The number of rotatable bonds is 7. The molecule has 1 aliphatic heterocycles. The van der Waals surface area contributed by atoms with Crippen molar-refractivity contribution in [2.24, 2.45) is 0 Å². The second-order valence-electron chi connectivity index (χ2n) is 6.71. The van der Waals surface area contributed by atoms with Gasteiger partial charge in [-0.2, -0.15) is 0 Å². The molecular weight excluding hydrogens is 326 g/mol. The summed E-state index contributed by atoms with van der Waals surface area (Å²) >= 11 is 0. The third kappa shape index (κ3) is 4.50. The fourth-order valence-electron chi connectivity index (χ4n) is 3.09. The third-order valence-electron chi connectivity index (χ3n) is 4.66. The molecule has 0 saturated carbocycles. The quantitative estimate of drug-likeness (QED) is 0.822. The van der Waals surface area contributed by atoms with Gasteiger partial charge in [0.15, 0.2) is 0 Å². The number of carbonyl (C=O) groups is 1. The molecule has 2 aromatic rings. The van der Waals surface area contributed by atoms with E-state index in [-0.39, 0.29) is 5.91 Å². The molecule has 138 valence electrons. The summed E-state index contributed by atoms with van der Waals surface area (Å²) in [4.78, 5) is 25.2. The first-order chi connectivity index (χ1) is 12.7. The van der Waals surface area contributed by atoms with E-state index in [0.29, 0.717) is 11.6 Å². The summed E-state index contributed by atoms with van der Waals surface area (Å²) < 4.78 is 0. The molecule has 1 aliphatic rings. The van der Waals surface area contributed by atoms with Crippen molar-refractivity contribution < 1.29 is 4.79 Å². The minimum absolute atomic E-state index is 0.0757. The van der Waals surface area contributed by atoms with E-state index in [1.807, 2.05) is 19.2 Å². The van der Waals surface area contributed by atoms with E-state index in [1.165, 1.54) is 18.5 Å². The lowest BCUT2D eigenvalue weighted by Gasteiger charge is -2.18. The number of carbonyl (C=O) groups excluding carboxylic acids is 1. The molecule has 0 bridgehead atoms. The Morgan fingerprint density at radius 2 is 1.92 bits per heavy atom. The van der Waals surface area contributed by atoms with Crippen LogP contribution in [0.25, 0.3) is 0 Å². The zero-order valence-corrected chi connectivity index (χ0v) is 15.6. The second-order valence-corrected chi connectivity index (χ2v) is 6.71. The van der Waals surface area contributed by atoms with Crippen molar-refractivity contribution in [3.8, 4) is 0 Å². The van der Waals surface area contributed by atoms with Gasteiger partial charge in [0.2, 0.25) is 5.95 Å². The van der Waals surface area contributed by atoms with Gasteiger partial charge in [-0.1, -0.05) is 13.3 Å². The topological polar surface area (TPSA) is 61.4 Å². The fraction of sp³-hybridized carbons (Fsp3) is 0.450. The fourth-order valence-corrected chi connectivity index (χ4v) is 3.09. The number of nitrogens with one attached hydrogen (secondary N) is 1. The number of benzene rings is 1. The van der Waals surface area contributed by atoms with E-state index in [9.17, 15) is 4.79 Å². The highest BCUT2D eigenvalue weighted by atomic mass is 16.2. The van der Waals surface area contributed by atoms with Crippen LogP contribution in [0.1, 0.15) is 43.1 Å². The molecule has 1 aromatic heterocycles. The summed E-state index contributed by atoms with van der Waals surface area (Å²) in [6.07, 6.45) is 6.20. The molecule has 0 unspecified atom stereocenters. The first-order valence-corrected chi connectivity index (χ1v) is 9.38. The minimum Gasteiger partial charge on any atom is -0.372 e. The largest absolute Gasteiger partial charge is 0.372 e. The highest BCUT2D eigenvalue weighted by Crippen LogP contribution is 2.23. The van der Waals surface area contributed by atoms with E-state index >= 15 is 0 Å². The molecule has 1 amide bonds. The van der Waals surface area contributed by atoms with E-state index in [0.717, 1.165) is 38.2 Å². The number of aromatic nitrogens is 2. The van der Waals surface area contributed by atoms with Gasteiger partial charge in [-0.25, -0.2) is 9.97 Å². The van der Waals surface area contributed by atoms with E-state index in [2.05, 4.69) is 39.2 Å². The maximum absolute atomic E-state index is 12.4. The number of anilines is 3. The summed E-state index contributed by atoms with van der Waals surface area (Å²) in [5, 5.41) is 3.19. The molecule has 1 N–H and O–H groups in total. The lowest BCUT2D eigenvalue weighted by Crippen LogP contribution is -2.28. The van der Waals surface area contributed by atoms with Gasteiger partial charge < -0.3 is 15.1 Å². The van der Waals surface area contributed by atoms with Crippen LogP contribution < -0.4 is 10.2 Å². The average molecular weight is 353 g/mol. The van der Waals surface area contributed by atoms with Crippen LogP contribution in [0.4, 0.5) is 17.3 Å². The summed E-state index contributed by atoms with van der Waals surface area (Å²) in [6, 6.07) is 9.94. The predicted molar refractivity (Wildman–Crippen MR) is 105 cm³/mol. The van der Waals surface area contributed by atoms with Crippen molar-refractivity contribution in [2.75, 3.05) is 36.9 Å². The molecule has 2 heterocycles. The van der Waals surface area contributed by atoms with Crippen molar-refractivity contribution in [1.82, 2.24) is 14.9 Å². The smallest absolute Gasteiger partial charge is 0.272 e. The molecule has 1 aromatic carbocycles. The van der Waals surface area contributed by atoms with Gasteiger partial charge in [0.1, 0.15) is 5.69 Å². The van der Waals surface area contributed by atoms with Crippen LogP contribution in [0.2, 0.25) is 0 Å². The van der Waals surface area contributed by atoms with Crippen molar-refractivity contribution in [2.45, 2.75) is 32.6 Å². The first-order valence-electron chi connectivity index (χ1n) is 9.38. The number of amides is 1. The van der Waals surface area contributed by atoms with E-state index in [4.69, 9.17) is 0 Å². The van der Waals surface area contributed by atoms with Crippen LogP contribution in [0.3, 0.4) is 0 Å². The Labute approximate surface area is 155 Å². The molecule has 26 heavy (non-hydrogen) atoms. The molecule has 0 aliphatic carbocycles. The highest BCUT2D eigenvalue weighted by Gasteiger charge is 2.14. The number of hydrogen-bond acceptors (Lipinski definition) is 5. The minimum atomic E-state index is -0.0757. The SMILES string of the molecule is CCCCN(C)C(=O)c1ccnc(Nc2ccc(N3CCCC3)cc2)n1. The molecule has 0 atom stereocenters. The molecule has 0 spiro atoms. The van der Waals surface area contributed by atoms with Gasteiger partial charge in [-0.15, -0.1) is 0 Å². The molecule has 1 fully saturated rings. The summed E-state index contributed by atoms with van der Waals surface area (Å²) in [7, 11) is 1.81. The van der Waals surface area contributed by atoms with Crippen LogP contribution in [-0.2, 0) is 0 Å². The second kappa shape index (κ2) is 8.65. The van der Waals surface area contributed by atoms with Crippen LogP contribution in [0, 0.1) is 0 Å². The Kier molecular flexibility index (Phi) is 6.04. The van der Waals surface area contributed by atoms with Crippen LogP contribution in [-0.4, -0.2) is 47.5 Å².